The van der Waals surface area contributed by atoms with Crippen molar-refractivity contribution < 1.29 is 19.3 Å². The van der Waals surface area contributed by atoms with Gasteiger partial charge in [0.15, 0.2) is 6.20 Å². The molecule has 0 aliphatic heterocycles. The zero-order chi connectivity index (χ0) is 13.0. The maximum absolute atomic E-state index is 11.9. The van der Waals surface area contributed by atoms with Crippen LogP contribution >= 0.6 is 0 Å². The lowest BCUT2D eigenvalue weighted by molar-refractivity contribution is -0.683. The number of benzene rings is 1. The van der Waals surface area contributed by atoms with Crippen LogP contribution in [0, 0.1) is 0 Å². The van der Waals surface area contributed by atoms with E-state index >= 15 is 0 Å². The number of rotatable bonds is 4. The molecule has 0 bridgehead atoms. The van der Waals surface area contributed by atoms with Crippen LogP contribution in [-0.4, -0.2) is 21.8 Å². The number of carbonyl (C=O) groups excluding carboxylic acids is 1. The van der Waals surface area contributed by atoms with Gasteiger partial charge in [0, 0.05) is 5.56 Å². The van der Waals surface area contributed by atoms with E-state index < -0.39 is 5.97 Å². The summed E-state index contributed by atoms with van der Waals surface area (Å²) in [5.41, 5.74) is 0.511. The first kappa shape index (κ1) is 11.9. The number of Topliss-reactive ketones (excluding diaryl/α,β-unsaturated/α-hetero) is 1. The monoisotopic (exact) mass is 243 g/mol. The average Bonchev–Trinajstić information content (AvgIpc) is 2.40. The van der Waals surface area contributed by atoms with Crippen LogP contribution in [0.5, 0.6) is 0 Å². The molecule has 0 amide bonds. The molecule has 0 radical (unpaired) electrons. The molecule has 90 valence electrons. The van der Waals surface area contributed by atoms with Crippen LogP contribution in [-0.2, 0) is 6.54 Å². The number of hydrogen-bond donors (Lipinski definition) is 1. The number of carboxylic acids is 1. The number of aromatic nitrogens is 2. The molecule has 0 aliphatic carbocycles. The van der Waals surface area contributed by atoms with Gasteiger partial charge in [-0.15, -0.1) is 0 Å². The van der Waals surface area contributed by atoms with Crippen LogP contribution in [0.3, 0.4) is 0 Å². The highest BCUT2D eigenvalue weighted by Gasteiger charge is 2.15. The number of hydrogen-bond acceptors (Lipinski definition) is 3. The molecule has 0 fully saturated rings. The van der Waals surface area contributed by atoms with Crippen molar-refractivity contribution in [2.45, 2.75) is 6.54 Å². The fourth-order valence-electron chi connectivity index (χ4n) is 1.52. The van der Waals surface area contributed by atoms with E-state index in [0.717, 1.165) is 0 Å². The van der Waals surface area contributed by atoms with Gasteiger partial charge in [-0.2, -0.15) is 4.57 Å². The van der Waals surface area contributed by atoms with Crippen molar-refractivity contribution in [1.82, 2.24) is 4.98 Å². The van der Waals surface area contributed by atoms with Gasteiger partial charge < -0.3 is 5.11 Å². The summed E-state index contributed by atoms with van der Waals surface area (Å²) in [5.74, 6) is -1.19. The summed E-state index contributed by atoms with van der Waals surface area (Å²) in [4.78, 5) is 26.3. The average molecular weight is 243 g/mol. The number of ketones is 1. The molecule has 0 atom stereocenters. The van der Waals surface area contributed by atoms with E-state index in [9.17, 15) is 9.59 Å². The molecule has 0 saturated heterocycles. The summed E-state index contributed by atoms with van der Waals surface area (Å²) < 4.78 is 1.51. The summed E-state index contributed by atoms with van der Waals surface area (Å²) in [6.07, 6.45) is 4.26. The van der Waals surface area contributed by atoms with E-state index in [4.69, 9.17) is 5.11 Å². The minimum Gasteiger partial charge on any atom is -0.476 e. The van der Waals surface area contributed by atoms with E-state index in [-0.39, 0.29) is 18.0 Å². The second-order valence-corrected chi connectivity index (χ2v) is 3.71. The predicted molar refractivity (Wildman–Crippen MR) is 62.2 cm³/mol. The van der Waals surface area contributed by atoms with Crippen molar-refractivity contribution in [2.24, 2.45) is 0 Å². The molecular formula is C13H11N2O3+. The van der Waals surface area contributed by atoms with E-state index in [0.29, 0.717) is 5.56 Å². The highest BCUT2D eigenvalue weighted by atomic mass is 16.4. The van der Waals surface area contributed by atoms with Gasteiger partial charge in [0.25, 0.3) is 0 Å². The maximum atomic E-state index is 11.9. The molecular weight excluding hydrogens is 232 g/mol. The second kappa shape index (κ2) is 5.18. The Labute approximate surface area is 103 Å². The summed E-state index contributed by atoms with van der Waals surface area (Å²) in [6, 6.07) is 8.85. The van der Waals surface area contributed by atoms with Gasteiger partial charge in [-0.3, -0.25) is 4.79 Å². The van der Waals surface area contributed by atoms with E-state index in [1.165, 1.54) is 17.0 Å². The lowest BCUT2D eigenvalue weighted by atomic mass is 10.1. The van der Waals surface area contributed by atoms with E-state index in [1.807, 2.05) is 6.07 Å². The van der Waals surface area contributed by atoms with Gasteiger partial charge in [0.05, 0.1) is 6.20 Å². The lowest BCUT2D eigenvalue weighted by Crippen LogP contribution is -2.38. The molecule has 0 aliphatic rings. The number of carboxylic acid groups (broad SMARTS) is 1. The first-order chi connectivity index (χ1) is 8.66. The number of nitrogens with zero attached hydrogens (tertiary/aromatic N) is 2. The quantitative estimate of drug-likeness (QED) is 0.641. The topological polar surface area (TPSA) is 71.1 Å². The van der Waals surface area contributed by atoms with Gasteiger partial charge in [-0.05, 0) is 0 Å². The summed E-state index contributed by atoms with van der Waals surface area (Å²) in [7, 11) is 0. The Morgan fingerprint density at radius 2 is 1.94 bits per heavy atom. The van der Waals surface area contributed by atoms with E-state index in [1.54, 1.807) is 30.5 Å². The largest absolute Gasteiger partial charge is 0.476 e. The molecule has 1 aromatic carbocycles. The number of carbonyl (C=O) groups is 2. The predicted octanol–water partition coefficient (Wildman–Crippen LogP) is 0.950. The first-order valence-electron chi connectivity index (χ1n) is 5.33. The molecule has 2 rings (SSSR count). The molecule has 1 N–H and O–H groups in total. The Morgan fingerprint density at radius 3 is 2.61 bits per heavy atom. The van der Waals surface area contributed by atoms with Crippen LogP contribution in [0.1, 0.15) is 20.8 Å². The van der Waals surface area contributed by atoms with Crippen LogP contribution in [0.4, 0.5) is 0 Å². The van der Waals surface area contributed by atoms with Crippen LogP contribution in [0.15, 0.2) is 48.9 Å². The van der Waals surface area contributed by atoms with Crippen molar-refractivity contribution >= 4 is 11.8 Å². The van der Waals surface area contributed by atoms with Crippen molar-refractivity contribution in [1.29, 1.82) is 0 Å². The Hall–Kier alpha value is -2.56. The van der Waals surface area contributed by atoms with Crippen molar-refractivity contribution in [3.63, 3.8) is 0 Å². The normalized spacial score (nSPS) is 10.0. The fourth-order valence-corrected chi connectivity index (χ4v) is 1.52. The van der Waals surface area contributed by atoms with Gasteiger partial charge in [0.2, 0.25) is 24.2 Å². The van der Waals surface area contributed by atoms with Crippen molar-refractivity contribution in [3.05, 3.63) is 60.2 Å². The second-order valence-electron chi connectivity index (χ2n) is 3.71. The Morgan fingerprint density at radius 1 is 1.22 bits per heavy atom. The highest BCUT2D eigenvalue weighted by molar-refractivity contribution is 5.95. The maximum Gasteiger partial charge on any atom is 0.360 e. The third-order valence-corrected chi connectivity index (χ3v) is 2.40. The fraction of sp³-hybridized carbons (Fsp3) is 0.0769. The van der Waals surface area contributed by atoms with Crippen molar-refractivity contribution in [3.8, 4) is 0 Å². The zero-order valence-corrected chi connectivity index (χ0v) is 9.48. The van der Waals surface area contributed by atoms with Crippen molar-refractivity contribution in [2.75, 3.05) is 0 Å². The van der Waals surface area contributed by atoms with Crippen LogP contribution in [0.2, 0.25) is 0 Å². The Kier molecular flexibility index (Phi) is 3.43. The summed E-state index contributed by atoms with van der Waals surface area (Å²) in [5, 5.41) is 8.80. The van der Waals surface area contributed by atoms with Gasteiger partial charge in [-0.25, -0.2) is 9.78 Å². The Bertz CT molecular complexity index is 582. The van der Waals surface area contributed by atoms with E-state index in [2.05, 4.69) is 4.98 Å². The molecule has 0 spiro atoms. The van der Waals surface area contributed by atoms with Crippen LogP contribution in [0.25, 0.3) is 0 Å². The SMILES string of the molecule is O=C(C[n+]1ccnc(C(=O)O)c1)c1ccccc1. The molecule has 0 unspecified atom stereocenters. The van der Waals surface area contributed by atoms with Gasteiger partial charge in [-0.1, -0.05) is 30.3 Å². The number of aromatic carboxylic acids is 1. The third kappa shape index (κ3) is 2.76. The minimum absolute atomic E-state index is 0.0804. The van der Waals surface area contributed by atoms with Gasteiger partial charge >= 0.3 is 5.97 Å². The van der Waals surface area contributed by atoms with Crippen LogP contribution < -0.4 is 4.57 Å². The molecule has 1 heterocycles. The minimum atomic E-state index is -1.11. The summed E-state index contributed by atoms with van der Waals surface area (Å²) >= 11 is 0. The summed E-state index contributed by atoms with van der Waals surface area (Å²) in [6.45, 7) is 0.0901. The molecule has 2 aromatic rings. The first-order valence-corrected chi connectivity index (χ1v) is 5.33. The molecule has 18 heavy (non-hydrogen) atoms. The Balaban J connectivity index is 2.17. The lowest BCUT2D eigenvalue weighted by Gasteiger charge is -1.98. The third-order valence-electron chi connectivity index (χ3n) is 2.40. The standard InChI is InChI=1S/C13H10N2O3/c16-12(10-4-2-1-3-5-10)9-15-7-6-14-11(8-15)13(17)18/h1-8H,9H2/p+1. The molecule has 5 heteroatoms. The highest BCUT2D eigenvalue weighted by Crippen LogP contribution is 1.99. The zero-order valence-electron chi connectivity index (χ0n) is 9.48. The van der Waals surface area contributed by atoms with Gasteiger partial charge in [0.1, 0.15) is 0 Å². The molecule has 0 saturated carbocycles. The smallest absolute Gasteiger partial charge is 0.360 e. The molecule has 1 aromatic heterocycles. The molecule has 5 nitrogen and oxygen atoms in total.